The van der Waals surface area contributed by atoms with Gasteiger partial charge in [-0.3, -0.25) is 9.59 Å². The van der Waals surface area contributed by atoms with Crippen LogP contribution in [0.1, 0.15) is 23.1 Å². The summed E-state index contributed by atoms with van der Waals surface area (Å²) in [5.41, 5.74) is 1.04. The standard InChI is InChI=1S/C23H25F3N2O4/c1-15-3-5-16(6-4-15)13-28-14-17(11-21(28)29)22(30)27-19-12-18(23(24,25)26)7-8-20(19)32-10-9-31-2/h3-8,12,17H,9-11,13-14H2,1-2H3,(H,27,30). The molecule has 1 fully saturated rings. The van der Waals surface area contributed by atoms with Crippen LogP contribution in [0.4, 0.5) is 18.9 Å². The summed E-state index contributed by atoms with van der Waals surface area (Å²) in [6.45, 7) is 2.87. The van der Waals surface area contributed by atoms with Gasteiger partial charge in [0.2, 0.25) is 11.8 Å². The summed E-state index contributed by atoms with van der Waals surface area (Å²) in [6, 6.07) is 10.6. The molecule has 2 aromatic carbocycles. The van der Waals surface area contributed by atoms with Crippen molar-refractivity contribution in [1.82, 2.24) is 4.90 Å². The van der Waals surface area contributed by atoms with E-state index in [9.17, 15) is 22.8 Å². The molecule has 1 aliphatic rings. The van der Waals surface area contributed by atoms with E-state index in [0.29, 0.717) is 6.54 Å². The molecule has 3 rings (SSSR count). The highest BCUT2D eigenvalue weighted by atomic mass is 19.4. The van der Waals surface area contributed by atoms with Crippen molar-refractivity contribution in [2.24, 2.45) is 5.92 Å². The Morgan fingerprint density at radius 2 is 1.88 bits per heavy atom. The van der Waals surface area contributed by atoms with Gasteiger partial charge in [0.25, 0.3) is 0 Å². The van der Waals surface area contributed by atoms with Crippen LogP contribution in [0.25, 0.3) is 0 Å². The minimum Gasteiger partial charge on any atom is -0.489 e. The third-order valence-electron chi connectivity index (χ3n) is 5.19. The molecule has 1 atom stereocenters. The second-order valence-corrected chi connectivity index (χ2v) is 7.70. The van der Waals surface area contributed by atoms with Gasteiger partial charge in [-0.25, -0.2) is 0 Å². The lowest BCUT2D eigenvalue weighted by Gasteiger charge is -2.18. The Morgan fingerprint density at radius 1 is 1.16 bits per heavy atom. The van der Waals surface area contributed by atoms with Crippen molar-refractivity contribution in [3.8, 4) is 5.75 Å². The van der Waals surface area contributed by atoms with Crippen LogP contribution in [-0.2, 0) is 27.0 Å². The lowest BCUT2D eigenvalue weighted by molar-refractivity contribution is -0.137. The fourth-order valence-corrected chi connectivity index (χ4v) is 3.41. The molecule has 2 aromatic rings. The maximum absolute atomic E-state index is 13.2. The third-order valence-corrected chi connectivity index (χ3v) is 5.19. The van der Waals surface area contributed by atoms with Crippen LogP contribution >= 0.6 is 0 Å². The molecule has 1 heterocycles. The number of nitrogens with one attached hydrogen (secondary N) is 1. The van der Waals surface area contributed by atoms with Crippen LogP contribution in [0, 0.1) is 12.8 Å². The van der Waals surface area contributed by atoms with Crippen molar-refractivity contribution >= 4 is 17.5 Å². The molecule has 9 heteroatoms. The van der Waals surface area contributed by atoms with E-state index in [1.165, 1.54) is 7.11 Å². The number of benzene rings is 2. The lowest BCUT2D eigenvalue weighted by atomic mass is 10.1. The summed E-state index contributed by atoms with van der Waals surface area (Å²) in [4.78, 5) is 26.8. The van der Waals surface area contributed by atoms with E-state index in [4.69, 9.17) is 9.47 Å². The fourth-order valence-electron chi connectivity index (χ4n) is 3.41. The number of anilines is 1. The van der Waals surface area contributed by atoms with Crippen LogP contribution in [0.3, 0.4) is 0 Å². The van der Waals surface area contributed by atoms with Gasteiger partial charge < -0.3 is 19.7 Å². The van der Waals surface area contributed by atoms with Crippen molar-refractivity contribution in [3.05, 3.63) is 59.2 Å². The number of alkyl halides is 3. The van der Waals surface area contributed by atoms with E-state index in [1.54, 1.807) is 4.90 Å². The van der Waals surface area contributed by atoms with E-state index in [1.807, 2.05) is 31.2 Å². The monoisotopic (exact) mass is 450 g/mol. The summed E-state index contributed by atoms with van der Waals surface area (Å²) >= 11 is 0. The molecule has 1 saturated heterocycles. The highest BCUT2D eigenvalue weighted by Gasteiger charge is 2.35. The van der Waals surface area contributed by atoms with Gasteiger partial charge in [-0.15, -0.1) is 0 Å². The first-order chi connectivity index (χ1) is 15.2. The fraction of sp³-hybridized carbons (Fsp3) is 0.391. The van der Waals surface area contributed by atoms with Gasteiger partial charge in [-0.05, 0) is 30.7 Å². The molecular formula is C23H25F3N2O4. The minimum absolute atomic E-state index is 0.00345. The Morgan fingerprint density at radius 3 is 2.53 bits per heavy atom. The average molecular weight is 450 g/mol. The zero-order valence-corrected chi connectivity index (χ0v) is 17.9. The second-order valence-electron chi connectivity index (χ2n) is 7.70. The van der Waals surface area contributed by atoms with Gasteiger partial charge in [-0.1, -0.05) is 29.8 Å². The van der Waals surface area contributed by atoms with Crippen molar-refractivity contribution in [3.63, 3.8) is 0 Å². The number of carbonyl (C=O) groups excluding carboxylic acids is 2. The van der Waals surface area contributed by atoms with Crippen LogP contribution in [0.15, 0.2) is 42.5 Å². The number of halogens is 3. The number of nitrogens with zero attached hydrogens (tertiary/aromatic N) is 1. The molecule has 6 nitrogen and oxygen atoms in total. The molecule has 0 aromatic heterocycles. The van der Waals surface area contributed by atoms with Gasteiger partial charge in [0.1, 0.15) is 12.4 Å². The Bertz CT molecular complexity index is 961. The highest BCUT2D eigenvalue weighted by molar-refractivity contribution is 5.98. The summed E-state index contributed by atoms with van der Waals surface area (Å²) in [6.07, 6.45) is -4.57. The van der Waals surface area contributed by atoms with Crippen molar-refractivity contribution < 1.29 is 32.2 Å². The van der Waals surface area contributed by atoms with E-state index in [2.05, 4.69) is 5.32 Å². The van der Waals surface area contributed by atoms with Crippen LogP contribution in [0.5, 0.6) is 5.75 Å². The molecular weight excluding hydrogens is 425 g/mol. The number of carbonyl (C=O) groups is 2. The predicted octanol–water partition coefficient (Wildman–Crippen LogP) is 4.03. The zero-order chi connectivity index (χ0) is 23.3. The predicted molar refractivity (Wildman–Crippen MR) is 112 cm³/mol. The van der Waals surface area contributed by atoms with E-state index >= 15 is 0 Å². The molecule has 1 unspecified atom stereocenters. The number of hydrogen-bond acceptors (Lipinski definition) is 4. The van der Waals surface area contributed by atoms with Crippen LogP contribution < -0.4 is 10.1 Å². The Balaban J connectivity index is 1.71. The first kappa shape index (κ1) is 23.6. The topological polar surface area (TPSA) is 67.9 Å². The molecule has 1 N–H and O–H groups in total. The Hall–Kier alpha value is -3.07. The van der Waals surface area contributed by atoms with Crippen LogP contribution in [0.2, 0.25) is 0 Å². The SMILES string of the molecule is COCCOc1ccc(C(F)(F)F)cc1NC(=O)C1CC(=O)N(Cc2ccc(C)cc2)C1. The number of methoxy groups -OCH3 is 1. The highest BCUT2D eigenvalue weighted by Crippen LogP contribution is 2.35. The summed E-state index contributed by atoms with van der Waals surface area (Å²) in [5.74, 6) is -1.27. The quantitative estimate of drug-likeness (QED) is 0.617. The van der Waals surface area contributed by atoms with E-state index in [-0.39, 0.29) is 43.5 Å². The molecule has 0 radical (unpaired) electrons. The molecule has 2 amide bonds. The Labute approximate surface area is 184 Å². The van der Waals surface area contributed by atoms with Gasteiger partial charge in [0.05, 0.1) is 23.8 Å². The van der Waals surface area contributed by atoms with Crippen molar-refractivity contribution in [2.75, 3.05) is 32.2 Å². The van der Waals surface area contributed by atoms with Crippen LogP contribution in [-0.4, -0.2) is 43.6 Å². The average Bonchev–Trinajstić information content (AvgIpc) is 3.10. The largest absolute Gasteiger partial charge is 0.489 e. The number of rotatable bonds is 8. The summed E-state index contributed by atoms with van der Waals surface area (Å²) in [5, 5.41) is 2.52. The molecule has 0 spiro atoms. The second kappa shape index (κ2) is 10.0. The van der Waals surface area contributed by atoms with Gasteiger partial charge in [0, 0.05) is 26.6 Å². The molecule has 0 bridgehead atoms. The number of likely N-dealkylation sites (tertiary alicyclic amines) is 1. The smallest absolute Gasteiger partial charge is 0.416 e. The summed E-state index contributed by atoms with van der Waals surface area (Å²) < 4.78 is 49.8. The Kier molecular flexibility index (Phi) is 7.40. The lowest BCUT2D eigenvalue weighted by Crippen LogP contribution is -2.28. The first-order valence-corrected chi connectivity index (χ1v) is 10.1. The van der Waals surface area contributed by atoms with Gasteiger partial charge >= 0.3 is 6.18 Å². The minimum atomic E-state index is -4.57. The maximum atomic E-state index is 13.2. The van der Waals surface area contributed by atoms with E-state index in [0.717, 1.165) is 29.3 Å². The van der Waals surface area contributed by atoms with E-state index < -0.39 is 23.6 Å². The molecule has 32 heavy (non-hydrogen) atoms. The zero-order valence-electron chi connectivity index (χ0n) is 17.9. The number of hydrogen-bond donors (Lipinski definition) is 1. The third kappa shape index (κ3) is 6.00. The van der Waals surface area contributed by atoms with Gasteiger partial charge in [0.15, 0.2) is 0 Å². The molecule has 172 valence electrons. The maximum Gasteiger partial charge on any atom is 0.416 e. The molecule has 1 aliphatic heterocycles. The van der Waals surface area contributed by atoms with Gasteiger partial charge in [-0.2, -0.15) is 13.2 Å². The molecule has 0 saturated carbocycles. The van der Waals surface area contributed by atoms with Crippen molar-refractivity contribution in [2.45, 2.75) is 26.1 Å². The normalized spacial score (nSPS) is 16.3. The number of amides is 2. The number of aryl methyl sites for hydroxylation is 1. The van der Waals surface area contributed by atoms with Crippen molar-refractivity contribution in [1.29, 1.82) is 0 Å². The molecule has 0 aliphatic carbocycles. The first-order valence-electron chi connectivity index (χ1n) is 10.1. The number of ether oxygens (including phenoxy) is 2. The summed E-state index contributed by atoms with van der Waals surface area (Å²) in [7, 11) is 1.47.